The van der Waals surface area contributed by atoms with Crippen LogP contribution in [0.15, 0.2) is 36.5 Å². The maximum Gasteiger partial charge on any atom is 0.270 e. The van der Waals surface area contributed by atoms with E-state index in [0.717, 1.165) is 27.6 Å². The Bertz CT molecular complexity index is 1040. The van der Waals surface area contributed by atoms with Gasteiger partial charge in [0.25, 0.3) is 5.91 Å². The summed E-state index contributed by atoms with van der Waals surface area (Å²) in [7, 11) is 0. The molecule has 2 aliphatic rings. The van der Waals surface area contributed by atoms with E-state index in [1.54, 1.807) is 29.7 Å². The molecule has 0 aliphatic heterocycles. The molecule has 1 amide bonds. The molecule has 1 aromatic carbocycles. The fraction of sp³-hybridized carbons (Fsp3) is 0.435. The summed E-state index contributed by atoms with van der Waals surface area (Å²) in [4.78, 5) is 21.2. The first-order chi connectivity index (χ1) is 14.7. The quantitative estimate of drug-likeness (QED) is 0.535. The number of carbonyl (C=O) groups excluding carboxylic acids is 1. The Hall–Kier alpha value is -2.67. The molecule has 0 atom stereocenters. The van der Waals surface area contributed by atoms with Gasteiger partial charge in [0.2, 0.25) is 0 Å². The highest BCUT2D eigenvalue weighted by Crippen LogP contribution is 2.33. The number of fused-ring (bicyclic) bond motifs is 1. The number of thiazole rings is 1. The van der Waals surface area contributed by atoms with Crippen molar-refractivity contribution in [1.29, 1.82) is 0 Å². The highest BCUT2D eigenvalue weighted by Gasteiger charge is 2.22. The molecule has 0 unspecified atom stereocenters. The van der Waals surface area contributed by atoms with Crippen molar-refractivity contribution in [3.63, 3.8) is 0 Å². The second kappa shape index (κ2) is 8.60. The number of hydrogen-bond donors (Lipinski definition) is 2. The van der Waals surface area contributed by atoms with Crippen LogP contribution in [0.25, 0.3) is 10.2 Å². The van der Waals surface area contributed by atoms with Crippen LogP contribution >= 0.6 is 11.3 Å². The van der Waals surface area contributed by atoms with Gasteiger partial charge < -0.3 is 15.4 Å². The molecule has 3 aromatic rings. The van der Waals surface area contributed by atoms with Crippen LogP contribution in [-0.4, -0.2) is 28.5 Å². The molecule has 0 bridgehead atoms. The van der Waals surface area contributed by atoms with Crippen LogP contribution in [-0.2, 0) is 0 Å². The van der Waals surface area contributed by atoms with Gasteiger partial charge in [0.05, 0.1) is 10.2 Å². The summed E-state index contributed by atoms with van der Waals surface area (Å²) in [5, 5.41) is 7.52. The van der Waals surface area contributed by atoms with Crippen LogP contribution in [0.5, 0.6) is 11.5 Å². The van der Waals surface area contributed by atoms with Crippen LogP contribution in [0.4, 0.5) is 5.13 Å². The molecule has 6 nitrogen and oxygen atoms in total. The maximum absolute atomic E-state index is 12.3. The first kappa shape index (κ1) is 19.3. The molecule has 2 aliphatic carbocycles. The first-order valence-electron chi connectivity index (χ1n) is 10.8. The molecule has 2 N–H and O–H groups in total. The number of aromatic nitrogens is 2. The van der Waals surface area contributed by atoms with E-state index in [2.05, 4.69) is 15.6 Å². The van der Waals surface area contributed by atoms with Crippen LogP contribution < -0.4 is 15.4 Å². The monoisotopic (exact) mass is 422 g/mol. The van der Waals surface area contributed by atoms with E-state index in [4.69, 9.17) is 9.72 Å². The van der Waals surface area contributed by atoms with E-state index < -0.39 is 0 Å². The lowest BCUT2D eigenvalue weighted by Crippen LogP contribution is -2.26. The van der Waals surface area contributed by atoms with Gasteiger partial charge in [-0.2, -0.15) is 0 Å². The van der Waals surface area contributed by atoms with Gasteiger partial charge in [-0.25, -0.2) is 4.98 Å². The topological polar surface area (TPSA) is 76.1 Å². The van der Waals surface area contributed by atoms with E-state index in [-0.39, 0.29) is 5.91 Å². The summed E-state index contributed by atoms with van der Waals surface area (Å²) in [6.45, 7) is 0.727. The van der Waals surface area contributed by atoms with Crippen molar-refractivity contribution in [1.82, 2.24) is 15.3 Å². The number of nitrogens with one attached hydrogen (secondary N) is 2. The molecule has 156 valence electrons. The predicted octanol–water partition coefficient (Wildman–Crippen LogP) is 5.37. The Morgan fingerprint density at radius 3 is 2.73 bits per heavy atom. The highest BCUT2D eigenvalue weighted by atomic mass is 32.1. The van der Waals surface area contributed by atoms with Gasteiger partial charge in [-0.3, -0.25) is 9.78 Å². The molecular weight excluding hydrogens is 396 g/mol. The molecule has 0 spiro atoms. The van der Waals surface area contributed by atoms with Crippen molar-refractivity contribution in [2.24, 2.45) is 5.92 Å². The lowest BCUT2D eigenvalue weighted by Gasteiger charge is -2.22. The summed E-state index contributed by atoms with van der Waals surface area (Å²) in [6, 6.07) is 9.90. The van der Waals surface area contributed by atoms with E-state index >= 15 is 0 Å². The van der Waals surface area contributed by atoms with E-state index in [0.29, 0.717) is 23.4 Å². The minimum absolute atomic E-state index is 0.149. The van der Waals surface area contributed by atoms with Crippen LogP contribution in [0.3, 0.4) is 0 Å². The Kier molecular flexibility index (Phi) is 5.53. The van der Waals surface area contributed by atoms with E-state index in [9.17, 15) is 4.79 Å². The van der Waals surface area contributed by atoms with Gasteiger partial charge in [0.1, 0.15) is 17.2 Å². The van der Waals surface area contributed by atoms with Crippen molar-refractivity contribution in [2.75, 3.05) is 11.9 Å². The number of hydrogen-bond acceptors (Lipinski definition) is 6. The minimum atomic E-state index is -0.149. The number of amides is 1. The Balaban J connectivity index is 1.26. The van der Waals surface area contributed by atoms with Gasteiger partial charge in [-0.1, -0.05) is 30.6 Å². The normalized spacial score (nSPS) is 17.1. The van der Waals surface area contributed by atoms with Gasteiger partial charge in [-0.15, -0.1) is 0 Å². The zero-order chi connectivity index (χ0) is 20.3. The molecule has 2 fully saturated rings. The zero-order valence-corrected chi connectivity index (χ0v) is 17.7. The molecule has 0 radical (unpaired) electrons. The van der Waals surface area contributed by atoms with Gasteiger partial charge in [0, 0.05) is 30.9 Å². The highest BCUT2D eigenvalue weighted by molar-refractivity contribution is 7.22. The Morgan fingerprint density at radius 2 is 1.90 bits per heavy atom. The number of ether oxygens (including phenoxy) is 1. The number of carbonyl (C=O) groups is 1. The minimum Gasteiger partial charge on any atom is -0.457 e. The molecule has 0 saturated heterocycles. The van der Waals surface area contributed by atoms with Gasteiger partial charge in [0.15, 0.2) is 5.13 Å². The van der Waals surface area contributed by atoms with Crippen molar-refractivity contribution >= 4 is 32.6 Å². The molecule has 2 heterocycles. The molecule has 5 rings (SSSR count). The summed E-state index contributed by atoms with van der Waals surface area (Å²) in [6.07, 6.45) is 10.4. The molecule has 30 heavy (non-hydrogen) atoms. The fourth-order valence-corrected chi connectivity index (χ4v) is 4.81. The lowest BCUT2D eigenvalue weighted by atomic mass is 9.96. The number of pyridine rings is 1. The number of nitrogens with zero attached hydrogens (tertiary/aromatic N) is 2. The van der Waals surface area contributed by atoms with Crippen molar-refractivity contribution in [3.8, 4) is 11.5 Å². The van der Waals surface area contributed by atoms with Crippen molar-refractivity contribution in [2.45, 2.75) is 51.0 Å². The Labute approximate surface area is 180 Å². The number of rotatable bonds is 7. The number of benzene rings is 1. The van der Waals surface area contributed by atoms with Crippen molar-refractivity contribution < 1.29 is 9.53 Å². The third-order valence-electron chi connectivity index (χ3n) is 5.74. The third-order valence-corrected chi connectivity index (χ3v) is 6.69. The van der Waals surface area contributed by atoms with E-state index in [1.165, 1.54) is 44.9 Å². The standard InChI is InChI=1S/C23H26N4O2S/c28-22(25-14-15-6-7-15)20-12-18(10-11-24-20)29-17-8-9-19-21(13-17)30-23(27-19)26-16-4-2-1-3-5-16/h8-13,15-16H,1-7,14H2,(H,25,28)(H,26,27). The van der Waals surface area contributed by atoms with Crippen LogP contribution in [0.1, 0.15) is 55.4 Å². The molecule has 2 aromatic heterocycles. The van der Waals surface area contributed by atoms with Gasteiger partial charge >= 0.3 is 0 Å². The maximum atomic E-state index is 12.3. The SMILES string of the molecule is O=C(NCC1CC1)c1cc(Oc2ccc3nc(NC4CCCCC4)sc3c2)ccn1. The fourth-order valence-electron chi connectivity index (χ4n) is 3.84. The largest absolute Gasteiger partial charge is 0.457 e. The summed E-state index contributed by atoms with van der Waals surface area (Å²) >= 11 is 1.66. The van der Waals surface area contributed by atoms with Crippen molar-refractivity contribution in [3.05, 3.63) is 42.2 Å². The second-order valence-electron chi connectivity index (χ2n) is 8.26. The average molecular weight is 423 g/mol. The second-order valence-corrected chi connectivity index (χ2v) is 9.29. The number of anilines is 1. The predicted molar refractivity (Wildman–Crippen MR) is 119 cm³/mol. The first-order valence-corrected chi connectivity index (χ1v) is 11.6. The smallest absolute Gasteiger partial charge is 0.270 e. The summed E-state index contributed by atoms with van der Waals surface area (Å²) < 4.78 is 7.10. The molecule has 7 heteroatoms. The molecule has 2 saturated carbocycles. The molecular formula is C23H26N4O2S. The van der Waals surface area contributed by atoms with E-state index in [1.807, 2.05) is 18.2 Å². The van der Waals surface area contributed by atoms with Gasteiger partial charge in [-0.05, 0) is 49.8 Å². The average Bonchev–Trinajstić information content (AvgIpc) is 3.51. The summed E-state index contributed by atoms with van der Waals surface area (Å²) in [5.74, 6) is 1.82. The van der Waals surface area contributed by atoms with Crippen LogP contribution in [0, 0.1) is 5.92 Å². The van der Waals surface area contributed by atoms with Crippen LogP contribution in [0.2, 0.25) is 0 Å². The third kappa shape index (κ3) is 4.73. The Morgan fingerprint density at radius 1 is 1.07 bits per heavy atom. The lowest BCUT2D eigenvalue weighted by molar-refractivity contribution is 0.0946. The summed E-state index contributed by atoms with van der Waals surface area (Å²) in [5.41, 5.74) is 1.35. The zero-order valence-electron chi connectivity index (χ0n) is 16.9.